The van der Waals surface area contributed by atoms with Gasteiger partial charge in [0, 0.05) is 24.2 Å². The summed E-state index contributed by atoms with van der Waals surface area (Å²) < 4.78 is 16.3. The maximum Gasteiger partial charge on any atom is 0.309 e. The molecule has 0 aliphatic carbocycles. The number of hydrogen-bond acceptors (Lipinski definition) is 6. The van der Waals surface area contributed by atoms with E-state index < -0.39 is 17.9 Å². The van der Waals surface area contributed by atoms with Crippen LogP contribution in [0.5, 0.6) is 17.2 Å². The number of nitrogens with zero attached hydrogens (tertiary/aromatic N) is 1. The molecule has 1 fully saturated rings. The second-order valence-corrected chi connectivity index (χ2v) is 9.55. The van der Waals surface area contributed by atoms with E-state index in [0.717, 1.165) is 27.9 Å². The fourth-order valence-electron chi connectivity index (χ4n) is 5.45. The van der Waals surface area contributed by atoms with Crippen molar-refractivity contribution >= 4 is 17.6 Å². The quantitative estimate of drug-likeness (QED) is 0.490. The number of aliphatic carboxylic acids is 1. The Hall–Kier alpha value is -4.04. The minimum atomic E-state index is -0.916. The summed E-state index contributed by atoms with van der Waals surface area (Å²) in [5, 5.41) is 13.5. The first-order chi connectivity index (χ1) is 17.9. The van der Waals surface area contributed by atoms with Crippen LogP contribution in [0.2, 0.25) is 0 Å². The number of carbonyl (C=O) groups excluding carboxylic acids is 1. The Labute approximate surface area is 215 Å². The molecule has 2 heterocycles. The van der Waals surface area contributed by atoms with Gasteiger partial charge in [0.15, 0.2) is 11.5 Å². The number of hydrogen-bond donors (Lipinski definition) is 2. The van der Waals surface area contributed by atoms with Gasteiger partial charge in [0.2, 0.25) is 12.7 Å². The van der Waals surface area contributed by atoms with Crippen LogP contribution in [0, 0.1) is 19.8 Å². The lowest BCUT2D eigenvalue weighted by Crippen LogP contribution is -2.35. The third kappa shape index (κ3) is 4.84. The van der Waals surface area contributed by atoms with E-state index in [1.807, 2.05) is 79.4 Å². The summed E-state index contributed by atoms with van der Waals surface area (Å²) >= 11 is 0. The summed E-state index contributed by atoms with van der Waals surface area (Å²) in [6, 6.07) is 18.3. The fourth-order valence-corrected chi connectivity index (χ4v) is 5.45. The predicted octanol–water partition coefficient (Wildman–Crippen LogP) is 4.52. The molecule has 8 heteroatoms. The maximum atomic E-state index is 13.3. The largest absolute Gasteiger partial charge is 0.497 e. The molecule has 2 aliphatic rings. The number of aryl methyl sites for hydroxylation is 2. The summed E-state index contributed by atoms with van der Waals surface area (Å²) in [4.78, 5) is 28.0. The van der Waals surface area contributed by atoms with Gasteiger partial charge in [-0.25, -0.2) is 0 Å². The van der Waals surface area contributed by atoms with Gasteiger partial charge in [0.05, 0.1) is 19.6 Å². The van der Waals surface area contributed by atoms with E-state index in [4.69, 9.17) is 14.2 Å². The lowest BCUT2D eigenvalue weighted by Gasteiger charge is -2.27. The first kappa shape index (κ1) is 24.6. The molecule has 0 bridgehead atoms. The van der Waals surface area contributed by atoms with E-state index in [-0.39, 0.29) is 25.2 Å². The first-order valence-corrected chi connectivity index (χ1v) is 12.2. The van der Waals surface area contributed by atoms with E-state index in [2.05, 4.69) is 5.32 Å². The van der Waals surface area contributed by atoms with Crippen LogP contribution >= 0.6 is 0 Å². The Balaban J connectivity index is 1.49. The SMILES string of the molecule is COc1ccc([C@@H]2[C@@H](C(=O)O)[C@@H](c3ccc4c(c3)OCO4)CN2CC(=O)Nc2c(C)cccc2C)cc1. The van der Waals surface area contributed by atoms with Crippen molar-refractivity contribution in [2.24, 2.45) is 5.92 Å². The molecule has 1 amide bonds. The topological polar surface area (TPSA) is 97.3 Å². The molecule has 2 aliphatic heterocycles. The van der Waals surface area contributed by atoms with Gasteiger partial charge in [0.25, 0.3) is 0 Å². The molecule has 8 nitrogen and oxygen atoms in total. The second-order valence-electron chi connectivity index (χ2n) is 9.55. The Morgan fingerprint density at radius 1 is 1.00 bits per heavy atom. The summed E-state index contributed by atoms with van der Waals surface area (Å²) in [6.45, 7) is 4.50. The number of para-hydroxylation sites is 1. The average Bonchev–Trinajstić information content (AvgIpc) is 3.50. The van der Waals surface area contributed by atoms with E-state index in [1.165, 1.54) is 0 Å². The smallest absolute Gasteiger partial charge is 0.309 e. The molecular formula is C29H30N2O6. The van der Waals surface area contributed by atoms with Gasteiger partial charge < -0.3 is 24.6 Å². The summed E-state index contributed by atoms with van der Waals surface area (Å²) in [5.41, 5.74) is 4.39. The van der Waals surface area contributed by atoms with E-state index >= 15 is 0 Å². The van der Waals surface area contributed by atoms with Gasteiger partial charge in [-0.2, -0.15) is 0 Å². The van der Waals surface area contributed by atoms with Gasteiger partial charge >= 0.3 is 5.97 Å². The minimum absolute atomic E-state index is 0.0509. The number of fused-ring (bicyclic) bond motifs is 1. The molecule has 0 aromatic heterocycles. The minimum Gasteiger partial charge on any atom is -0.497 e. The number of carboxylic acid groups (broad SMARTS) is 1. The van der Waals surface area contributed by atoms with Crippen molar-refractivity contribution < 1.29 is 28.9 Å². The number of anilines is 1. The molecule has 0 saturated carbocycles. The molecule has 0 radical (unpaired) electrons. The summed E-state index contributed by atoms with van der Waals surface area (Å²) in [5.74, 6) is -0.305. The van der Waals surface area contributed by atoms with Crippen molar-refractivity contribution in [3.05, 3.63) is 82.9 Å². The first-order valence-electron chi connectivity index (χ1n) is 12.2. The van der Waals surface area contributed by atoms with E-state index in [1.54, 1.807) is 7.11 Å². The third-order valence-electron chi connectivity index (χ3n) is 7.26. The number of amides is 1. The number of methoxy groups -OCH3 is 1. The van der Waals surface area contributed by atoms with Gasteiger partial charge in [-0.05, 0) is 60.4 Å². The Morgan fingerprint density at radius 2 is 1.68 bits per heavy atom. The van der Waals surface area contributed by atoms with Crippen molar-refractivity contribution in [3.8, 4) is 17.2 Å². The highest BCUT2D eigenvalue weighted by atomic mass is 16.7. The van der Waals surface area contributed by atoms with Crippen molar-refractivity contribution in [1.29, 1.82) is 0 Å². The normalized spacial score (nSPS) is 20.6. The summed E-state index contributed by atoms with van der Waals surface area (Å²) in [7, 11) is 1.59. The lowest BCUT2D eigenvalue weighted by molar-refractivity contribution is -0.143. The Kier molecular flexibility index (Phi) is 6.76. The monoisotopic (exact) mass is 502 g/mol. The van der Waals surface area contributed by atoms with Crippen LogP contribution in [0.25, 0.3) is 0 Å². The highest BCUT2D eigenvalue weighted by Crippen LogP contribution is 2.47. The number of benzene rings is 3. The number of rotatable bonds is 7. The van der Waals surface area contributed by atoms with Gasteiger partial charge in [0.1, 0.15) is 5.75 Å². The second kappa shape index (κ2) is 10.1. The molecule has 3 aromatic rings. The van der Waals surface area contributed by atoms with Crippen LogP contribution in [0.4, 0.5) is 5.69 Å². The van der Waals surface area contributed by atoms with Crippen molar-refractivity contribution in [1.82, 2.24) is 4.90 Å². The Morgan fingerprint density at radius 3 is 2.35 bits per heavy atom. The maximum absolute atomic E-state index is 13.3. The highest BCUT2D eigenvalue weighted by Gasteiger charge is 2.48. The van der Waals surface area contributed by atoms with Crippen molar-refractivity contribution in [2.75, 3.05) is 32.3 Å². The number of likely N-dealkylation sites (tertiary alicyclic amines) is 1. The molecule has 3 aromatic carbocycles. The predicted molar refractivity (Wildman–Crippen MR) is 138 cm³/mol. The molecule has 3 atom stereocenters. The van der Waals surface area contributed by atoms with Crippen LogP contribution in [0.3, 0.4) is 0 Å². The van der Waals surface area contributed by atoms with Gasteiger partial charge in [-0.15, -0.1) is 0 Å². The zero-order valence-corrected chi connectivity index (χ0v) is 21.1. The van der Waals surface area contributed by atoms with Crippen molar-refractivity contribution in [2.45, 2.75) is 25.8 Å². The van der Waals surface area contributed by atoms with E-state index in [9.17, 15) is 14.7 Å². The molecule has 37 heavy (non-hydrogen) atoms. The standard InChI is InChI=1S/C29H30N2O6/c1-17-5-4-6-18(2)27(17)30-25(32)15-31-14-22(20-9-12-23-24(13-20)37-16-36-23)26(29(33)34)28(31)19-7-10-21(35-3)11-8-19/h4-13,22,26,28H,14-16H2,1-3H3,(H,30,32)(H,33,34)/t22-,26+,28-/m1/s1. The average molecular weight is 503 g/mol. The van der Waals surface area contributed by atoms with Gasteiger partial charge in [-0.3, -0.25) is 14.5 Å². The fraction of sp³-hybridized carbons (Fsp3) is 0.310. The van der Waals surface area contributed by atoms with Crippen LogP contribution in [0.15, 0.2) is 60.7 Å². The van der Waals surface area contributed by atoms with Crippen LogP contribution in [0.1, 0.15) is 34.2 Å². The number of carboxylic acids is 1. The number of nitrogens with one attached hydrogen (secondary N) is 1. The molecular weight excluding hydrogens is 472 g/mol. The van der Waals surface area contributed by atoms with Crippen LogP contribution in [-0.4, -0.2) is 48.9 Å². The zero-order chi connectivity index (χ0) is 26.1. The van der Waals surface area contributed by atoms with E-state index in [0.29, 0.717) is 23.8 Å². The molecule has 5 rings (SSSR count). The molecule has 0 spiro atoms. The third-order valence-corrected chi connectivity index (χ3v) is 7.26. The molecule has 1 saturated heterocycles. The Bertz CT molecular complexity index is 1300. The van der Waals surface area contributed by atoms with Crippen molar-refractivity contribution in [3.63, 3.8) is 0 Å². The molecule has 192 valence electrons. The highest BCUT2D eigenvalue weighted by molar-refractivity contribution is 5.94. The number of carbonyl (C=O) groups is 2. The number of ether oxygens (including phenoxy) is 3. The molecule has 2 N–H and O–H groups in total. The lowest BCUT2D eigenvalue weighted by atomic mass is 9.82. The molecule has 0 unspecified atom stereocenters. The van der Waals surface area contributed by atoms with Crippen LogP contribution in [-0.2, 0) is 9.59 Å². The summed E-state index contributed by atoms with van der Waals surface area (Å²) in [6.07, 6.45) is 0. The van der Waals surface area contributed by atoms with Gasteiger partial charge in [-0.1, -0.05) is 36.4 Å². The zero-order valence-electron chi connectivity index (χ0n) is 21.1. The van der Waals surface area contributed by atoms with Crippen LogP contribution < -0.4 is 19.5 Å².